The van der Waals surface area contributed by atoms with Crippen LogP contribution in [0.2, 0.25) is 0 Å². The van der Waals surface area contributed by atoms with Crippen LogP contribution in [0, 0.1) is 17.1 Å². The average molecular weight is 308 g/mol. The Kier molecular flexibility index (Phi) is 4.35. The number of aromatic nitrogens is 2. The van der Waals surface area contributed by atoms with Crippen molar-refractivity contribution in [2.24, 2.45) is 0 Å². The van der Waals surface area contributed by atoms with E-state index in [2.05, 4.69) is 9.82 Å². The molecule has 1 heterocycles. The van der Waals surface area contributed by atoms with Crippen LogP contribution in [0.3, 0.4) is 0 Å². The van der Waals surface area contributed by atoms with E-state index >= 15 is 0 Å². The molecule has 2 aromatic rings. The molecule has 0 saturated heterocycles. The summed E-state index contributed by atoms with van der Waals surface area (Å²) in [6, 6.07) is 6.33. The standard InChI is InChI=1S/C13H13FN4O2S/c1-10(9-18-7-3-6-16-18)17-21(19,20)13-5-2-4-12(14)11(13)8-15/h2-7,10,17H,9H2,1H3. The molecule has 0 radical (unpaired) electrons. The molecule has 0 spiro atoms. The molecule has 0 bridgehead atoms. The molecule has 0 saturated carbocycles. The summed E-state index contributed by atoms with van der Waals surface area (Å²) in [7, 11) is -3.98. The minimum atomic E-state index is -3.98. The zero-order valence-electron chi connectivity index (χ0n) is 11.2. The summed E-state index contributed by atoms with van der Waals surface area (Å²) in [6.45, 7) is 1.98. The van der Waals surface area contributed by atoms with E-state index < -0.39 is 27.4 Å². The van der Waals surface area contributed by atoms with Crippen molar-refractivity contribution in [3.63, 3.8) is 0 Å². The largest absolute Gasteiger partial charge is 0.271 e. The second kappa shape index (κ2) is 6.03. The van der Waals surface area contributed by atoms with Crippen LogP contribution < -0.4 is 4.72 Å². The maximum absolute atomic E-state index is 13.5. The fourth-order valence-electron chi connectivity index (χ4n) is 1.89. The van der Waals surface area contributed by atoms with Crippen LogP contribution in [-0.2, 0) is 16.6 Å². The van der Waals surface area contributed by atoms with E-state index in [0.717, 1.165) is 6.07 Å². The zero-order chi connectivity index (χ0) is 15.5. The summed E-state index contributed by atoms with van der Waals surface area (Å²) in [5.74, 6) is -0.861. The lowest BCUT2D eigenvalue weighted by Gasteiger charge is -2.15. The van der Waals surface area contributed by atoms with Gasteiger partial charge in [0, 0.05) is 18.4 Å². The summed E-state index contributed by atoms with van der Waals surface area (Å²) in [5.41, 5.74) is -0.490. The van der Waals surface area contributed by atoms with E-state index in [4.69, 9.17) is 5.26 Å². The highest BCUT2D eigenvalue weighted by molar-refractivity contribution is 7.89. The van der Waals surface area contributed by atoms with Crippen molar-refractivity contribution in [2.45, 2.75) is 24.4 Å². The molecule has 1 aromatic heterocycles. The molecule has 110 valence electrons. The number of sulfonamides is 1. The number of hydrogen-bond donors (Lipinski definition) is 1. The predicted octanol–water partition coefficient (Wildman–Crippen LogP) is 1.26. The zero-order valence-corrected chi connectivity index (χ0v) is 12.0. The first-order chi connectivity index (χ1) is 9.94. The highest BCUT2D eigenvalue weighted by Gasteiger charge is 2.23. The van der Waals surface area contributed by atoms with Gasteiger partial charge in [0.2, 0.25) is 10.0 Å². The van der Waals surface area contributed by atoms with Gasteiger partial charge in [-0.2, -0.15) is 10.4 Å². The van der Waals surface area contributed by atoms with Gasteiger partial charge in [0.05, 0.1) is 6.54 Å². The fraction of sp³-hybridized carbons (Fsp3) is 0.231. The second-order valence-corrected chi connectivity index (χ2v) is 6.16. The molecule has 0 aliphatic rings. The Bertz CT molecular complexity index is 766. The molecule has 1 atom stereocenters. The first kappa shape index (κ1) is 15.2. The molecular formula is C13H13FN4O2S. The lowest BCUT2D eigenvalue weighted by atomic mass is 10.2. The third-order valence-corrected chi connectivity index (χ3v) is 4.39. The highest BCUT2D eigenvalue weighted by atomic mass is 32.2. The van der Waals surface area contributed by atoms with Gasteiger partial charge < -0.3 is 0 Å². The second-order valence-electron chi connectivity index (χ2n) is 4.48. The van der Waals surface area contributed by atoms with Gasteiger partial charge in [0.25, 0.3) is 0 Å². The van der Waals surface area contributed by atoms with Crippen LogP contribution in [-0.4, -0.2) is 24.2 Å². The number of hydrogen-bond acceptors (Lipinski definition) is 4. The Morgan fingerprint density at radius 3 is 2.86 bits per heavy atom. The molecule has 0 amide bonds. The number of nitrogens with zero attached hydrogens (tertiary/aromatic N) is 3. The number of benzene rings is 1. The van der Waals surface area contributed by atoms with Gasteiger partial charge in [-0.15, -0.1) is 0 Å². The Balaban J connectivity index is 2.23. The predicted molar refractivity (Wildman–Crippen MR) is 73.1 cm³/mol. The normalized spacial score (nSPS) is 12.8. The van der Waals surface area contributed by atoms with E-state index in [1.54, 1.807) is 36.1 Å². The van der Waals surface area contributed by atoms with Crippen LogP contribution in [0.25, 0.3) is 0 Å². The lowest BCUT2D eigenvalue weighted by Crippen LogP contribution is -2.36. The molecule has 1 aromatic carbocycles. The maximum Gasteiger partial charge on any atom is 0.242 e. The number of halogens is 1. The first-order valence-electron chi connectivity index (χ1n) is 6.12. The number of nitrogens with one attached hydrogen (secondary N) is 1. The van der Waals surface area contributed by atoms with Gasteiger partial charge in [0.15, 0.2) is 0 Å². The molecule has 0 fully saturated rings. The van der Waals surface area contributed by atoms with Crippen LogP contribution in [0.1, 0.15) is 12.5 Å². The van der Waals surface area contributed by atoms with Crippen molar-refractivity contribution in [3.05, 3.63) is 48.0 Å². The molecule has 0 aliphatic heterocycles. The smallest absolute Gasteiger partial charge is 0.242 e. The summed E-state index contributed by atoms with van der Waals surface area (Å²) < 4.78 is 42.0. The minimum absolute atomic E-state index is 0.323. The molecule has 8 heteroatoms. The van der Waals surface area contributed by atoms with Crippen LogP contribution in [0.15, 0.2) is 41.6 Å². The first-order valence-corrected chi connectivity index (χ1v) is 7.60. The molecule has 1 N–H and O–H groups in total. The van der Waals surface area contributed by atoms with Gasteiger partial charge in [-0.1, -0.05) is 6.07 Å². The highest BCUT2D eigenvalue weighted by Crippen LogP contribution is 2.18. The minimum Gasteiger partial charge on any atom is -0.271 e. The summed E-state index contributed by atoms with van der Waals surface area (Å²) >= 11 is 0. The van der Waals surface area contributed by atoms with Crippen LogP contribution >= 0.6 is 0 Å². The quantitative estimate of drug-likeness (QED) is 0.900. The van der Waals surface area contributed by atoms with E-state index in [1.165, 1.54) is 12.1 Å². The Morgan fingerprint density at radius 1 is 1.48 bits per heavy atom. The molecule has 1 unspecified atom stereocenters. The monoisotopic (exact) mass is 308 g/mol. The average Bonchev–Trinajstić information content (AvgIpc) is 2.90. The van der Waals surface area contributed by atoms with Gasteiger partial charge in [-0.25, -0.2) is 17.5 Å². The third kappa shape index (κ3) is 3.45. The van der Waals surface area contributed by atoms with Crippen molar-refractivity contribution in [2.75, 3.05) is 0 Å². The summed E-state index contributed by atoms with van der Waals surface area (Å²) in [6.07, 6.45) is 3.29. The molecular weight excluding hydrogens is 295 g/mol. The molecule has 2 rings (SSSR count). The Hall–Kier alpha value is -2.24. The molecule has 0 aliphatic carbocycles. The Labute approximate surface area is 121 Å². The molecule has 6 nitrogen and oxygen atoms in total. The number of rotatable bonds is 5. The molecule has 21 heavy (non-hydrogen) atoms. The lowest BCUT2D eigenvalue weighted by molar-refractivity contribution is 0.493. The SMILES string of the molecule is CC(Cn1cccn1)NS(=O)(=O)c1cccc(F)c1C#N. The van der Waals surface area contributed by atoms with E-state index in [1.807, 2.05) is 0 Å². The fourth-order valence-corrected chi connectivity index (χ4v) is 3.29. The van der Waals surface area contributed by atoms with Crippen molar-refractivity contribution < 1.29 is 12.8 Å². The van der Waals surface area contributed by atoms with E-state index in [0.29, 0.717) is 6.54 Å². The van der Waals surface area contributed by atoms with Gasteiger partial charge in [-0.05, 0) is 25.1 Å². The van der Waals surface area contributed by atoms with E-state index in [-0.39, 0.29) is 4.90 Å². The van der Waals surface area contributed by atoms with Crippen LogP contribution in [0.5, 0.6) is 0 Å². The van der Waals surface area contributed by atoms with Crippen molar-refractivity contribution in [1.29, 1.82) is 5.26 Å². The van der Waals surface area contributed by atoms with Crippen molar-refractivity contribution >= 4 is 10.0 Å². The van der Waals surface area contributed by atoms with E-state index in [9.17, 15) is 12.8 Å². The van der Waals surface area contributed by atoms with Crippen LogP contribution in [0.4, 0.5) is 4.39 Å². The van der Waals surface area contributed by atoms with Gasteiger partial charge >= 0.3 is 0 Å². The van der Waals surface area contributed by atoms with Gasteiger partial charge in [-0.3, -0.25) is 4.68 Å². The summed E-state index contributed by atoms with van der Waals surface area (Å²) in [5, 5.41) is 12.9. The number of nitriles is 1. The summed E-state index contributed by atoms with van der Waals surface area (Å²) in [4.78, 5) is -0.364. The van der Waals surface area contributed by atoms with Crippen molar-refractivity contribution in [1.82, 2.24) is 14.5 Å². The van der Waals surface area contributed by atoms with Gasteiger partial charge in [0.1, 0.15) is 22.3 Å². The topological polar surface area (TPSA) is 87.8 Å². The third-order valence-electron chi connectivity index (χ3n) is 2.75. The van der Waals surface area contributed by atoms with Crippen molar-refractivity contribution in [3.8, 4) is 6.07 Å². The maximum atomic E-state index is 13.5. The Morgan fingerprint density at radius 2 is 2.24 bits per heavy atom.